The molecule has 0 aromatic heterocycles. The van der Waals surface area contributed by atoms with Crippen molar-refractivity contribution >= 4 is 23.7 Å². The Morgan fingerprint density at radius 3 is 2.25 bits per heavy atom. The summed E-state index contributed by atoms with van der Waals surface area (Å²) < 4.78 is 5.13. The Kier molecular flexibility index (Phi) is 7.08. The highest BCUT2D eigenvalue weighted by Gasteiger charge is 2.37. The van der Waals surface area contributed by atoms with Gasteiger partial charge in [0.2, 0.25) is 0 Å². The van der Waals surface area contributed by atoms with Crippen LogP contribution in [0.5, 0.6) is 0 Å². The van der Waals surface area contributed by atoms with E-state index in [2.05, 4.69) is 0 Å². The minimum absolute atomic E-state index is 0.130. The predicted octanol–water partition coefficient (Wildman–Crippen LogP) is 3.53. The summed E-state index contributed by atoms with van der Waals surface area (Å²) in [6, 6.07) is 13.0. The van der Waals surface area contributed by atoms with E-state index in [1.54, 1.807) is 13.8 Å². The second-order valence-electron chi connectivity index (χ2n) is 8.22. The molecule has 0 radical (unpaired) electrons. The molecule has 7 heteroatoms. The topological polar surface area (TPSA) is 84.0 Å². The van der Waals surface area contributed by atoms with Gasteiger partial charge in [0.05, 0.1) is 17.7 Å². The number of hydrogen-bond donors (Lipinski definition) is 0. The van der Waals surface area contributed by atoms with Crippen molar-refractivity contribution in [3.05, 3.63) is 70.8 Å². The van der Waals surface area contributed by atoms with Gasteiger partial charge in [0.1, 0.15) is 6.04 Å². The zero-order chi connectivity index (χ0) is 23.4. The molecule has 168 valence electrons. The number of benzene rings is 2. The second kappa shape index (κ2) is 9.77. The van der Waals surface area contributed by atoms with E-state index in [0.717, 1.165) is 5.56 Å². The molecule has 1 unspecified atom stereocenters. The smallest absolute Gasteiger partial charge is 0.328 e. The zero-order valence-electron chi connectivity index (χ0n) is 18.8. The number of imide groups is 1. The minimum Gasteiger partial charge on any atom is -0.464 e. The first-order chi connectivity index (χ1) is 15.2. The average Bonchev–Trinajstić information content (AvgIpc) is 3.01. The van der Waals surface area contributed by atoms with Crippen molar-refractivity contribution in [3.63, 3.8) is 0 Å². The molecule has 3 amide bonds. The van der Waals surface area contributed by atoms with E-state index in [1.165, 1.54) is 28.0 Å². The van der Waals surface area contributed by atoms with Gasteiger partial charge in [0.15, 0.2) is 0 Å². The molecule has 0 N–H and O–H groups in total. The molecular weight excluding hydrogens is 408 g/mol. The third-order valence-corrected chi connectivity index (χ3v) is 5.32. The van der Waals surface area contributed by atoms with Crippen molar-refractivity contribution in [2.45, 2.75) is 40.3 Å². The maximum atomic E-state index is 13.5. The predicted molar refractivity (Wildman–Crippen MR) is 119 cm³/mol. The lowest BCUT2D eigenvalue weighted by molar-refractivity contribution is -0.148. The Balaban J connectivity index is 1.93. The molecular formula is C25H28N2O5. The summed E-state index contributed by atoms with van der Waals surface area (Å²) in [5.74, 6) is -1.54. The highest BCUT2D eigenvalue weighted by atomic mass is 16.5. The number of carbonyl (C=O) groups excluding carboxylic acids is 4. The first-order valence-corrected chi connectivity index (χ1v) is 10.8. The van der Waals surface area contributed by atoms with Gasteiger partial charge in [-0.1, -0.05) is 44.2 Å². The number of ether oxygens (including phenoxy) is 1. The van der Waals surface area contributed by atoms with Crippen LogP contribution in [-0.4, -0.2) is 52.7 Å². The number of rotatable bonds is 8. The summed E-state index contributed by atoms with van der Waals surface area (Å²) in [7, 11) is 0. The van der Waals surface area contributed by atoms with Crippen LogP contribution in [0.3, 0.4) is 0 Å². The molecule has 0 aliphatic carbocycles. The van der Waals surface area contributed by atoms with Gasteiger partial charge in [-0.3, -0.25) is 19.3 Å². The highest BCUT2D eigenvalue weighted by Crippen LogP contribution is 2.26. The van der Waals surface area contributed by atoms with Crippen LogP contribution in [0.15, 0.2) is 48.5 Å². The van der Waals surface area contributed by atoms with E-state index < -0.39 is 23.8 Å². The van der Waals surface area contributed by atoms with Gasteiger partial charge in [-0.2, -0.15) is 0 Å². The molecule has 0 spiro atoms. The number of hydrogen-bond acceptors (Lipinski definition) is 5. The molecule has 32 heavy (non-hydrogen) atoms. The van der Waals surface area contributed by atoms with E-state index in [4.69, 9.17) is 4.74 Å². The minimum atomic E-state index is -0.828. The summed E-state index contributed by atoms with van der Waals surface area (Å²) in [6.45, 7) is 7.90. The highest BCUT2D eigenvalue weighted by molar-refractivity contribution is 6.22. The fraction of sp³-hybridized carbons (Fsp3) is 0.360. The van der Waals surface area contributed by atoms with E-state index >= 15 is 0 Å². The normalized spacial score (nSPS) is 13.8. The largest absolute Gasteiger partial charge is 0.464 e. The number of nitrogens with zero attached hydrogens (tertiary/aromatic N) is 2. The van der Waals surface area contributed by atoms with E-state index in [1.807, 2.05) is 44.2 Å². The van der Waals surface area contributed by atoms with Gasteiger partial charge in [0, 0.05) is 18.7 Å². The van der Waals surface area contributed by atoms with Crippen LogP contribution >= 0.6 is 0 Å². The van der Waals surface area contributed by atoms with Gasteiger partial charge in [0.25, 0.3) is 17.7 Å². The summed E-state index contributed by atoms with van der Waals surface area (Å²) in [5, 5.41) is 0. The summed E-state index contributed by atoms with van der Waals surface area (Å²) in [6.07, 6.45) is 0. The molecule has 1 heterocycles. The van der Waals surface area contributed by atoms with Crippen molar-refractivity contribution in [1.29, 1.82) is 0 Å². The maximum absolute atomic E-state index is 13.5. The number of carbonyl (C=O) groups is 4. The van der Waals surface area contributed by atoms with Crippen molar-refractivity contribution in [1.82, 2.24) is 9.80 Å². The first-order valence-electron chi connectivity index (χ1n) is 10.8. The van der Waals surface area contributed by atoms with Crippen LogP contribution in [0.2, 0.25) is 0 Å². The van der Waals surface area contributed by atoms with Crippen LogP contribution in [0.4, 0.5) is 0 Å². The van der Waals surface area contributed by atoms with Gasteiger partial charge >= 0.3 is 5.97 Å². The Hall–Kier alpha value is -3.48. The fourth-order valence-corrected chi connectivity index (χ4v) is 3.68. The lowest BCUT2D eigenvalue weighted by Gasteiger charge is -2.28. The Bertz CT molecular complexity index is 1030. The van der Waals surface area contributed by atoms with Crippen LogP contribution in [0.1, 0.15) is 64.3 Å². The Morgan fingerprint density at radius 1 is 0.969 bits per heavy atom. The van der Waals surface area contributed by atoms with Crippen molar-refractivity contribution in [2.24, 2.45) is 5.92 Å². The van der Waals surface area contributed by atoms with Crippen LogP contribution in [-0.2, 0) is 16.1 Å². The number of fused-ring (bicyclic) bond motifs is 1. The SMILES string of the molecule is CCOC(=O)C(C)N(Cc1ccccc1)C(=O)c1ccc2c(c1)C(=O)N(CC(C)C)C2=O. The van der Waals surface area contributed by atoms with E-state index in [9.17, 15) is 19.2 Å². The molecule has 1 atom stereocenters. The average molecular weight is 437 g/mol. The molecule has 3 rings (SSSR count). The number of esters is 1. The third kappa shape index (κ3) is 4.72. The molecule has 1 aliphatic rings. The quantitative estimate of drug-likeness (QED) is 0.467. The first kappa shape index (κ1) is 23.2. The van der Waals surface area contributed by atoms with Crippen LogP contribution in [0.25, 0.3) is 0 Å². The summed E-state index contributed by atoms with van der Waals surface area (Å²) in [4.78, 5) is 53.9. The van der Waals surface area contributed by atoms with E-state index in [-0.39, 0.29) is 36.1 Å². The van der Waals surface area contributed by atoms with Crippen molar-refractivity contribution in [2.75, 3.05) is 13.2 Å². The zero-order valence-corrected chi connectivity index (χ0v) is 18.8. The van der Waals surface area contributed by atoms with Gasteiger partial charge < -0.3 is 9.64 Å². The molecule has 1 aliphatic heterocycles. The molecule has 0 saturated carbocycles. The summed E-state index contributed by atoms with van der Waals surface area (Å²) in [5.41, 5.74) is 1.60. The van der Waals surface area contributed by atoms with Crippen LogP contribution in [0, 0.1) is 5.92 Å². The van der Waals surface area contributed by atoms with E-state index in [0.29, 0.717) is 12.1 Å². The number of amides is 3. The van der Waals surface area contributed by atoms with Gasteiger partial charge in [-0.25, -0.2) is 4.79 Å². The molecule has 7 nitrogen and oxygen atoms in total. The Labute approximate surface area is 188 Å². The monoisotopic (exact) mass is 436 g/mol. The second-order valence-corrected chi connectivity index (χ2v) is 8.22. The molecule has 2 aromatic carbocycles. The fourth-order valence-electron chi connectivity index (χ4n) is 3.68. The van der Waals surface area contributed by atoms with Crippen molar-refractivity contribution < 1.29 is 23.9 Å². The standard InChI is InChI=1S/C25H28N2O5/c1-5-32-25(31)17(4)26(15-18-9-7-6-8-10-18)22(28)19-11-12-20-21(13-19)24(30)27(23(20)29)14-16(2)3/h6-13,16-17H,5,14-15H2,1-4H3. The lowest BCUT2D eigenvalue weighted by atomic mass is 10.0. The molecule has 0 fully saturated rings. The maximum Gasteiger partial charge on any atom is 0.328 e. The van der Waals surface area contributed by atoms with Gasteiger partial charge in [-0.15, -0.1) is 0 Å². The Morgan fingerprint density at radius 2 is 1.62 bits per heavy atom. The molecule has 0 saturated heterocycles. The third-order valence-electron chi connectivity index (χ3n) is 5.32. The molecule has 2 aromatic rings. The van der Waals surface area contributed by atoms with Gasteiger partial charge in [-0.05, 0) is 43.5 Å². The van der Waals surface area contributed by atoms with Crippen LogP contribution < -0.4 is 0 Å². The lowest BCUT2D eigenvalue weighted by Crippen LogP contribution is -2.43. The van der Waals surface area contributed by atoms with Crippen molar-refractivity contribution in [3.8, 4) is 0 Å². The summed E-state index contributed by atoms with van der Waals surface area (Å²) >= 11 is 0. The molecule has 0 bridgehead atoms.